The number of nitrogens with zero attached hydrogens (tertiary/aromatic N) is 3. The Morgan fingerprint density at radius 3 is 2.72 bits per heavy atom. The second-order valence-electron chi connectivity index (χ2n) is 3.71. The summed E-state index contributed by atoms with van der Waals surface area (Å²) in [5.41, 5.74) is 6.35. The molecule has 0 aliphatic heterocycles. The topological polar surface area (TPSA) is 93.5 Å². The molecule has 0 saturated heterocycles. The largest absolute Gasteiger partial charge is 0.409 e. The van der Waals surface area contributed by atoms with E-state index in [0.717, 1.165) is 5.56 Å². The summed E-state index contributed by atoms with van der Waals surface area (Å²) in [6, 6.07) is 10.8. The minimum absolute atomic E-state index is 0.133. The number of oxime groups is 1. The molecule has 2 rings (SSSR count). The zero-order valence-corrected chi connectivity index (χ0v) is 9.52. The maximum absolute atomic E-state index is 11.8. The number of rotatable bonds is 3. The van der Waals surface area contributed by atoms with Gasteiger partial charge >= 0.3 is 0 Å². The highest BCUT2D eigenvalue weighted by atomic mass is 16.4. The van der Waals surface area contributed by atoms with Crippen molar-refractivity contribution in [1.82, 2.24) is 9.78 Å². The predicted octanol–water partition coefficient (Wildman–Crippen LogP) is 0.386. The predicted molar refractivity (Wildman–Crippen MR) is 66.6 cm³/mol. The van der Waals surface area contributed by atoms with Gasteiger partial charge in [-0.15, -0.1) is 0 Å². The van der Waals surface area contributed by atoms with Crippen molar-refractivity contribution in [1.29, 1.82) is 0 Å². The van der Waals surface area contributed by atoms with Crippen molar-refractivity contribution in [3.63, 3.8) is 0 Å². The summed E-state index contributed by atoms with van der Waals surface area (Å²) < 4.78 is 1.31. The van der Waals surface area contributed by atoms with E-state index in [9.17, 15) is 4.79 Å². The Morgan fingerprint density at radius 1 is 1.39 bits per heavy atom. The molecule has 0 radical (unpaired) electrons. The Morgan fingerprint density at radius 2 is 2.11 bits per heavy atom. The van der Waals surface area contributed by atoms with Gasteiger partial charge in [-0.1, -0.05) is 35.5 Å². The molecular formula is C12H12N4O2. The van der Waals surface area contributed by atoms with Crippen LogP contribution in [0, 0.1) is 0 Å². The number of hydrogen-bond acceptors (Lipinski definition) is 4. The highest BCUT2D eigenvalue weighted by molar-refractivity contribution is 5.96. The smallest absolute Gasteiger partial charge is 0.267 e. The van der Waals surface area contributed by atoms with Gasteiger partial charge in [-0.05, 0) is 5.56 Å². The third-order valence-corrected chi connectivity index (χ3v) is 2.45. The fraction of sp³-hybridized carbons (Fsp3) is 0.0833. The van der Waals surface area contributed by atoms with Crippen LogP contribution in [0.2, 0.25) is 0 Å². The van der Waals surface area contributed by atoms with Crippen LogP contribution in [0.3, 0.4) is 0 Å². The highest BCUT2D eigenvalue weighted by Crippen LogP contribution is 1.99. The van der Waals surface area contributed by atoms with Crippen LogP contribution in [0.5, 0.6) is 0 Å². The molecule has 1 aromatic heterocycles. The second-order valence-corrected chi connectivity index (χ2v) is 3.71. The molecule has 0 aliphatic rings. The van der Waals surface area contributed by atoms with Crippen LogP contribution in [0.25, 0.3) is 0 Å². The SMILES string of the molecule is N/C(=N\O)c1cnn(Cc2ccccc2)c(=O)c1. The maximum atomic E-state index is 11.8. The minimum Gasteiger partial charge on any atom is -0.409 e. The summed E-state index contributed by atoms with van der Waals surface area (Å²) in [7, 11) is 0. The molecule has 0 saturated carbocycles. The first-order chi connectivity index (χ1) is 8.70. The van der Waals surface area contributed by atoms with E-state index in [4.69, 9.17) is 10.9 Å². The summed E-state index contributed by atoms with van der Waals surface area (Å²) in [6.07, 6.45) is 1.39. The summed E-state index contributed by atoms with van der Waals surface area (Å²) >= 11 is 0. The van der Waals surface area contributed by atoms with Crippen LogP contribution in [0.1, 0.15) is 11.1 Å². The summed E-state index contributed by atoms with van der Waals surface area (Å²) in [5.74, 6) is -0.133. The first-order valence-corrected chi connectivity index (χ1v) is 5.29. The Bertz CT molecular complexity index is 619. The Hall–Kier alpha value is -2.63. The molecule has 0 atom stereocenters. The van der Waals surface area contributed by atoms with Gasteiger partial charge in [-0.25, -0.2) is 4.68 Å². The van der Waals surface area contributed by atoms with Gasteiger partial charge in [0.2, 0.25) is 0 Å². The van der Waals surface area contributed by atoms with Crippen LogP contribution in [0.4, 0.5) is 0 Å². The molecule has 0 amide bonds. The van der Waals surface area contributed by atoms with Crippen molar-refractivity contribution in [2.45, 2.75) is 6.54 Å². The lowest BCUT2D eigenvalue weighted by molar-refractivity contribution is 0.318. The average Bonchev–Trinajstić information content (AvgIpc) is 2.41. The molecule has 6 nitrogen and oxygen atoms in total. The molecule has 0 fully saturated rings. The van der Waals surface area contributed by atoms with Gasteiger partial charge in [-0.2, -0.15) is 5.10 Å². The molecule has 92 valence electrons. The second kappa shape index (κ2) is 5.13. The number of benzene rings is 1. The number of hydrogen-bond donors (Lipinski definition) is 2. The third kappa shape index (κ3) is 2.54. The van der Waals surface area contributed by atoms with Gasteiger partial charge in [0.25, 0.3) is 5.56 Å². The van der Waals surface area contributed by atoms with Gasteiger partial charge in [0, 0.05) is 11.6 Å². The normalized spacial score (nSPS) is 11.4. The van der Waals surface area contributed by atoms with E-state index in [1.165, 1.54) is 16.9 Å². The first kappa shape index (κ1) is 11.8. The van der Waals surface area contributed by atoms with Crippen LogP contribution in [-0.2, 0) is 6.54 Å². The van der Waals surface area contributed by atoms with E-state index in [-0.39, 0.29) is 11.4 Å². The molecule has 6 heteroatoms. The minimum atomic E-state index is -0.303. The molecular weight excluding hydrogens is 232 g/mol. The Balaban J connectivity index is 2.29. The standard InChI is InChI=1S/C12H12N4O2/c13-12(15-18)10-6-11(17)16(14-7-10)8-9-4-2-1-3-5-9/h1-7,18H,8H2,(H2,13,15). The average molecular weight is 244 g/mol. The van der Waals surface area contributed by atoms with Gasteiger partial charge in [-0.3, -0.25) is 4.79 Å². The molecule has 0 spiro atoms. The van der Waals surface area contributed by atoms with Crippen molar-refractivity contribution >= 4 is 5.84 Å². The molecule has 2 aromatic rings. The first-order valence-electron chi connectivity index (χ1n) is 5.29. The lowest BCUT2D eigenvalue weighted by atomic mass is 10.2. The van der Waals surface area contributed by atoms with E-state index in [1.54, 1.807) is 0 Å². The summed E-state index contributed by atoms with van der Waals surface area (Å²) in [4.78, 5) is 11.8. The van der Waals surface area contributed by atoms with Crippen molar-refractivity contribution in [2.75, 3.05) is 0 Å². The fourth-order valence-corrected chi connectivity index (χ4v) is 1.51. The fourth-order valence-electron chi connectivity index (χ4n) is 1.51. The molecule has 0 unspecified atom stereocenters. The summed E-state index contributed by atoms with van der Waals surface area (Å²) in [5, 5.41) is 15.3. The van der Waals surface area contributed by atoms with Crippen molar-refractivity contribution in [3.8, 4) is 0 Å². The zero-order chi connectivity index (χ0) is 13.0. The van der Waals surface area contributed by atoms with Crippen molar-refractivity contribution in [2.24, 2.45) is 10.9 Å². The highest BCUT2D eigenvalue weighted by Gasteiger charge is 2.04. The van der Waals surface area contributed by atoms with Crippen LogP contribution in [0.15, 0.2) is 52.5 Å². The lowest BCUT2D eigenvalue weighted by Crippen LogP contribution is -2.26. The molecule has 0 aliphatic carbocycles. The van der Waals surface area contributed by atoms with E-state index < -0.39 is 0 Å². The maximum Gasteiger partial charge on any atom is 0.267 e. The van der Waals surface area contributed by atoms with Gasteiger partial charge in [0.05, 0.1) is 12.7 Å². The molecule has 1 heterocycles. The monoisotopic (exact) mass is 244 g/mol. The quantitative estimate of drug-likeness (QED) is 0.353. The molecule has 0 bridgehead atoms. The molecule has 3 N–H and O–H groups in total. The van der Waals surface area contributed by atoms with E-state index >= 15 is 0 Å². The number of nitrogens with two attached hydrogens (primary N) is 1. The number of aromatic nitrogens is 2. The lowest BCUT2D eigenvalue weighted by Gasteiger charge is -2.05. The van der Waals surface area contributed by atoms with E-state index in [0.29, 0.717) is 12.1 Å². The van der Waals surface area contributed by atoms with Crippen LogP contribution in [-0.4, -0.2) is 20.8 Å². The zero-order valence-electron chi connectivity index (χ0n) is 9.52. The Labute approximate surface area is 103 Å². The van der Waals surface area contributed by atoms with E-state index in [2.05, 4.69) is 10.3 Å². The van der Waals surface area contributed by atoms with Crippen LogP contribution >= 0.6 is 0 Å². The van der Waals surface area contributed by atoms with Crippen molar-refractivity contribution < 1.29 is 5.21 Å². The third-order valence-electron chi connectivity index (χ3n) is 2.45. The van der Waals surface area contributed by atoms with Crippen LogP contribution < -0.4 is 11.3 Å². The van der Waals surface area contributed by atoms with Crippen molar-refractivity contribution in [3.05, 3.63) is 64.1 Å². The van der Waals surface area contributed by atoms with Gasteiger partial charge in [0.1, 0.15) is 0 Å². The van der Waals surface area contributed by atoms with E-state index in [1.807, 2.05) is 30.3 Å². The molecule has 18 heavy (non-hydrogen) atoms. The molecule has 1 aromatic carbocycles. The summed E-state index contributed by atoms with van der Waals surface area (Å²) in [6.45, 7) is 0.385. The van der Waals surface area contributed by atoms with Gasteiger partial charge < -0.3 is 10.9 Å². The Kier molecular flexibility index (Phi) is 3.38. The van der Waals surface area contributed by atoms with Gasteiger partial charge in [0.15, 0.2) is 5.84 Å². The number of amidine groups is 1.